The standard InChI is InChI=1S/C15H21ClN2O2/c1-11(7-9-19-2)18-14-10-12(20-3)4-5-13(14)17-15(18)6-8-16/h4-5,10-11H,6-9H2,1-3H3. The molecule has 0 bridgehead atoms. The van der Waals surface area contributed by atoms with Gasteiger partial charge in [0.1, 0.15) is 11.6 Å². The third-order valence-corrected chi connectivity index (χ3v) is 3.66. The van der Waals surface area contributed by atoms with Crippen LogP contribution in [0.1, 0.15) is 25.2 Å². The first-order chi connectivity index (χ1) is 9.71. The molecule has 2 aromatic rings. The number of hydrogen-bond donors (Lipinski definition) is 0. The summed E-state index contributed by atoms with van der Waals surface area (Å²) >= 11 is 5.90. The second kappa shape index (κ2) is 6.95. The Morgan fingerprint density at radius 3 is 2.80 bits per heavy atom. The smallest absolute Gasteiger partial charge is 0.121 e. The summed E-state index contributed by atoms with van der Waals surface area (Å²) in [7, 11) is 3.40. The van der Waals surface area contributed by atoms with Crippen molar-refractivity contribution in [3.8, 4) is 5.75 Å². The average molecular weight is 297 g/mol. The van der Waals surface area contributed by atoms with E-state index in [0.717, 1.165) is 42.1 Å². The largest absolute Gasteiger partial charge is 0.497 e. The molecular formula is C15H21ClN2O2. The fraction of sp³-hybridized carbons (Fsp3) is 0.533. The van der Waals surface area contributed by atoms with Gasteiger partial charge in [-0.3, -0.25) is 0 Å². The Morgan fingerprint density at radius 2 is 2.15 bits per heavy atom. The van der Waals surface area contributed by atoms with Gasteiger partial charge in [-0.15, -0.1) is 11.6 Å². The number of benzene rings is 1. The van der Waals surface area contributed by atoms with Crippen LogP contribution in [0.5, 0.6) is 5.75 Å². The predicted octanol–water partition coefficient (Wildman–Crippen LogP) is 3.42. The van der Waals surface area contributed by atoms with Gasteiger partial charge in [0, 0.05) is 38.1 Å². The molecule has 1 heterocycles. The Kier molecular flexibility index (Phi) is 5.26. The molecule has 2 rings (SSSR count). The molecular weight excluding hydrogens is 276 g/mol. The van der Waals surface area contributed by atoms with E-state index >= 15 is 0 Å². The van der Waals surface area contributed by atoms with Crippen LogP contribution < -0.4 is 4.74 Å². The maximum atomic E-state index is 5.90. The third-order valence-electron chi connectivity index (χ3n) is 3.47. The Morgan fingerprint density at radius 1 is 1.35 bits per heavy atom. The number of fused-ring (bicyclic) bond motifs is 1. The van der Waals surface area contributed by atoms with Gasteiger partial charge in [0.25, 0.3) is 0 Å². The van der Waals surface area contributed by atoms with E-state index in [1.54, 1.807) is 14.2 Å². The first-order valence-electron chi connectivity index (χ1n) is 6.81. The van der Waals surface area contributed by atoms with Gasteiger partial charge in [-0.25, -0.2) is 4.98 Å². The van der Waals surface area contributed by atoms with Crippen molar-refractivity contribution in [2.24, 2.45) is 0 Å². The lowest BCUT2D eigenvalue weighted by Crippen LogP contribution is -2.12. The van der Waals surface area contributed by atoms with Gasteiger partial charge in [0.05, 0.1) is 18.1 Å². The lowest BCUT2D eigenvalue weighted by molar-refractivity contribution is 0.181. The van der Waals surface area contributed by atoms with Crippen molar-refractivity contribution >= 4 is 22.6 Å². The summed E-state index contributed by atoms with van der Waals surface area (Å²) < 4.78 is 12.7. The van der Waals surface area contributed by atoms with Crippen LogP contribution in [0.25, 0.3) is 11.0 Å². The van der Waals surface area contributed by atoms with E-state index in [1.807, 2.05) is 18.2 Å². The second-order valence-electron chi connectivity index (χ2n) is 4.82. The third kappa shape index (κ3) is 3.07. The summed E-state index contributed by atoms with van der Waals surface area (Å²) in [6.45, 7) is 2.91. The monoisotopic (exact) mass is 296 g/mol. The van der Waals surface area contributed by atoms with Crippen molar-refractivity contribution < 1.29 is 9.47 Å². The molecule has 0 N–H and O–H groups in total. The summed E-state index contributed by atoms with van der Waals surface area (Å²) in [5.74, 6) is 2.43. The van der Waals surface area contributed by atoms with E-state index in [4.69, 9.17) is 21.1 Å². The zero-order valence-electron chi connectivity index (χ0n) is 12.2. The number of hydrogen-bond acceptors (Lipinski definition) is 3. The normalized spacial score (nSPS) is 12.8. The highest BCUT2D eigenvalue weighted by molar-refractivity contribution is 6.17. The van der Waals surface area contributed by atoms with Gasteiger partial charge in [-0.2, -0.15) is 0 Å². The molecule has 0 radical (unpaired) electrons. The van der Waals surface area contributed by atoms with Gasteiger partial charge in [0.15, 0.2) is 0 Å². The first kappa shape index (κ1) is 15.1. The molecule has 0 saturated carbocycles. The van der Waals surface area contributed by atoms with Crippen molar-refractivity contribution in [1.82, 2.24) is 9.55 Å². The summed E-state index contributed by atoms with van der Waals surface area (Å²) in [5, 5.41) is 0. The van der Waals surface area contributed by atoms with Crippen LogP contribution in [0.4, 0.5) is 0 Å². The van der Waals surface area contributed by atoms with E-state index in [0.29, 0.717) is 11.9 Å². The summed E-state index contributed by atoms with van der Waals surface area (Å²) in [4.78, 5) is 4.69. The maximum Gasteiger partial charge on any atom is 0.121 e. The van der Waals surface area contributed by atoms with Gasteiger partial charge in [-0.05, 0) is 25.5 Å². The highest BCUT2D eigenvalue weighted by Gasteiger charge is 2.16. The molecule has 0 fully saturated rings. The minimum Gasteiger partial charge on any atom is -0.497 e. The van der Waals surface area contributed by atoms with Crippen LogP contribution in [0.15, 0.2) is 18.2 Å². The zero-order chi connectivity index (χ0) is 14.5. The Hall–Kier alpha value is -1.26. The van der Waals surface area contributed by atoms with Crippen molar-refractivity contribution in [2.45, 2.75) is 25.8 Å². The zero-order valence-corrected chi connectivity index (χ0v) is 13.0. The molecule has 0 amide bonds. The molecule has 110 valence electrons. The summed E-state index contributed by atoms with van der Waals surface area (Å²) in [5.41, 5.74) is 2.07. The Labute approximate surface area is 124 Å². The molecule has 0 aliphatic carbocycles. The summed E-state index contributed by atoms with van der Waals surface area (Å²) in [6, 6.07) is 6.27. The average Bonchev–Trinajstić information content (AvgIpc) is 2.82. The van der Waals surface area contributed by atoms with E-state index in [9.17, 15) is 0 Å². The number of imidazole rings is 1. The first-order valence-corrected chi connectivity index (χ1v) is 7.34. The van der Waals surface area contributed by atoms with Crippen molar-refractivity contribution in [2.75, 3.05) is 26.7 Å². The molecule has 0 aliphatic heterocycles. The van der Waals surface area contributed by atoms with Crippen LogP contribution in [0, 0.1) is 0 Å². The number of nitrogens with zero attached hydrogens (tertiary/aromatic N) is 2. The molecule has 20 heavy (non-hydrogen) atoms. The SMILES string of the molecule is COCCC(C)n1c(CCCl)nc2ccc(OC)cc21. The molecule has 0 spiro atoms. The molecule has 5 heteroatoms. The quantitative estimate of drug-likeness (QED) is 0.735. The maximum absolute atomic E-state index is 5.90. The number of halogens is 1. The highest BCUT2D eigenvalue weighted by atomic mass is 35.5. The number of aryl methyl sites for hydroxylation is 1. The van der Waals surface area contributed by atoms with Gasteiger partial charge in [0.2, 0.25) is 0 Å². The number of alkyl halides is 1. The van der Waals surface area contributed by atoms with Crippen molar-refractivity contribution in [3.05, 3.63) is 24.0 Å². The van der Waals surface area contributed by atoms with Gasteiger partial charge < -0.3 is 14.0 Å². The Bertz CT molecular complexity index is 568. The van der Waals surface area contributed by atoms with Crippen LogP contribution in [0.3, 0.4) is 0 Å². The van der Waals surface area contributed by atoms with E-state index in [1.165, 1.54) is 0 Å². The lowest BCUT2D eigenvalue weighted by Gasteiger charge is -2.17. The van der Waals surface area contributed by atoms with Gasteiger partial charge in [-0.1, -0.05) is 0 Å². The molecule has 1 aromatic heterocycles. The topological polar surface area (TPSA) is 36.3 Å². The molecule has 4 nitrogen and oxygen atoms in total. The number of aromatic nitrogens is 2. The highest BCUT2D eigenvalue weighted by Crippen LogP contribution is 2.27. The molecule has 0 saturated heterocycles. The molecule has 1 atom stereocenters. The fourth-order valence-corrected chi connectivity index (χ4v) is 2.59. The van der Waals surface area contributed by atoms with Crippen LogP contribution in [0.2, 0.25) is 0 Å². The summed E-state index contributed by atoms with van der Waals surface area (Å²) in [6.07, 6.45) is 1.70. The van der Waals surface area contributed by atoms with Crippen LogP contribution in [-0.2, 0) is 11.2 Å². The van der Waals surface area contributed by atoms with Gasteiger partial charge >= 0.3 is 0 Å². The fourth-order valence-electron chi connectivity index (χ4n) is 2.42. The molecule has 1 unspecified atom stereocenters. The van der Waals surface area contributed by atoms with E-state index < -0.39 is 0 Å². The minimum atomic E-state index is 0.310. The molecule has 0 aliphatic rings. The second-order valence-corrected chi connectivity index (χ2v) is 5.20. The predicted molar refractivity (Wildman–Crippen MR) is 81.9 cm³/mol. The lowest BCUT2D eigenvalue weighted by atomic mass is 10.2. The van der Waals surface area contributed by atoms with Crippen LogP contribution >= 0.6 is 11.6 Å². The number of methoxy groups -OCH3 is 2. The van der Waals surface area contributed by atoms with E-state index in [2.05, 4.69) is 16.5 Å². The van der Waals surface area contributed by atoms with E-state index in [-0.39, 0.29) is 0 Å². The number of rotatable bonds is 7. The van der Waals surface area contributed by atoms with Crippen molar-refractivity contribution in [1.29, 1.82) is 0 Å². The minimum absolute atomic E-state index is 0.310. The molecule has 1 aromatic carbocycles. The van der Waals surface area contributed by atoms with Crippen molar-refractivity contribution in [3.63, 3.8) is 0 Å². The Balaban J connectivity index is 2.47. The number of ether oxygens (including phenoxy) is 2. The van der Waals surface area contributed by atoms with Crippen LogP contribution in [-0.4, -0.2) is 36.3 Å².